The van der Waals surface area contributed by atoms with E-state index in [1.807, 2.05) is 0 Å². The predicted molar refractivity (Wildman–Crippen MR) is 121 cm³/mol. The minimum atomic E-state index is -0.237. The second kappa shape index (κ2) is 8.46. The molecule has 1 atom stereocenters. The summed E-state index contributed by atoms with van der Waals surface area (Å²) >= 11 is 0. The number of halogens is 1. The van der Waals surface area contributed by atoms with Gasteiger partial charge in [0.2, 0.25) is 5.88 Å². The van der Waals surface area contributed by atoms with Crippen molar-refractivity contribution in [1.82, 2.24) is 30.0 Å². The number of hydrogen-bond donors (Lipinski definition) is 1. The van der Waals surface area contributed by atoms with Crippen LogP contribution in [0.15, 0.2) is 29.2 Å². The van der Waals surface area contributed by atoms with E-state index in [0.29, 0.717) is 41.6 Å². The third-order valence-electron chi connectivity index (χ3n) is 7.16. The summed E-state index contributed by atoms with van der Waals surface area (Å²) in [5, 5.41) is 12.1. The maximum Gasteiger partial charge on any atom is 0.269 e. The number of nitrogens with zero attached hydrogens (tertiary/aromatic N) is 5. The molecule has 1 N–H and O–H groups in total. The quantitative estimate of drug-likeness (QED) is 0.636. The summed E-state index contributed by atoms with van der Waals surface area (Å²) in [7, 11) is 0. The van der Waals surface area contributed by atoms with Crippen molar-refractivity contribution in [3.8, 4) is 5.88 Å². The van der Waals surface area contributed by atoms with Crippen molar-refractivity contribution >= 4 is 11.0 Å². The first kappa shape index (κ1) is 20.7. The van der Waals surface area contributed by atoms with Crippen LogP contribution in [0.1, 0.15) is 42.0 Å². The highest BCUT2D eigenvalue weighted by Gasteiger charge is 2.31. The average molecular weight is 451 g/mol. The van der Waals surface area contributed by atoms with Crippen molar-refractivity contribution in [2.24, 2.45) is 0 Å². The second-order valence-corrected chi connectivity index (χ2v) is 9.31. The van der Waals surface area contributed by atoms with Gasteiger partial charge in [-0.1, -0.05) is 0 Å². The number of hydrogen-bond acceptors (Lipinski definition) is 7. The van der Waals surface area contributed by atoms with E-state index >= 15 is 0 Å². The van der Waals surface area contributed by atoms with Crippen molar-refractivity contribution in [3.63, 3.8) is 0 Å². The molecule has 1 unspecified atom stereocenters. The van der Waals surface area contributed by atoms with Crippen molar-refractivity contribution < 1.29 is 9.13 Å². The number of piperidine rings is 1. The molecular formula is C24H27FN6O2. The zero-order valence-electron chi connectivity index (χ0n) is 18.5. The minimum Gasteiger partial charge on any atom is -0.476 e. The maximum atomic E-state index is 14.7. The van der Waals surface area contributed by atoms with Crippen LogP contribution in [0.4, 0.5) is 4.39 Å². The summed E-state index contributed by atoms with van der Waals surface area (Å²) in [6.45, 7) is 4.58. The van der Waals surface area contributed by atoms with E-state index in [1.165, 1.54) is 12.3 Å². The van der Waals surface area contributed by atoms with Gasteiger partial charge in [-0.25, -0.2) is 9.37 Å². The van der Waals surface area contributed by atoms with Crippen LogP contribution in [0.5, 0.6) is 5.88 Å². The SMILES string of the molecule is O=c1cnc2ccc(F)c3c2n1CC3CN1CCC(NCc2cc3c(nn2)OCCC3)CC1. The maximum absolute atomic E-state index is 14.7. The second-order valence-electron chi connectivity index (χ2n) is 9.31. The summed E-state index contributed by atoms with van der Waals surface area (Å²) in [6.07, 6.45) is 5.41. The lowest BCUT2D eigenvalue weighted by Gasteiger charge is -2.34. The first-order chi connectivity index (χ1) is 16.2. The molecule has 172 valence electrons. The van der Waals surface area contributed by atoms with Crippen molar-refractivity contribution in [3.05, 3.63) is 57.4 Å². The molecule has 9 heteroatoms. The van der Waals surface area contributed by atoms with Crippen LogP contribution < -0.4 is 15.6 Å². The summed E-state index contributed by atoms with van der Waals surface area (Å²) in [5.41, 5.74) is 3.95. The van der Waals surface area contributed by atoms with E-state index in [-0.39, 0.29) is 17.3 Å². The number of aryl methyl sites for hydroxylation is 1. The van der Waals surface area contributed by atoms with Gasteiger partial charge in [0.1, 0.15) is 5.82 Å². The van der Waals surface area contributed by atoms with E-state index in [0.717, 1.165) is 63.2 Å². The Morgan fingerprint density at radius 1 is 1.21 bits per heavy atom. The van der Waals surface area contributed by atoms with Gasteiger partial charge in [0, 0.05) is 42.7 Å². The Bertz CT molecular complexity index is 1250. The molecule has 3 aromatic rings. The number of ether oxygens (including phenoxy) is 1. The van der Waals surface area contributed by atoms with Crippen LogP contribution >= 0.6 is 0 Å². The Balaban J connectivity index is 1.06. The fraction of sp³-hybridized carbons (Fsp3) is 0.500. The highest BCUT2D eigenvalue weighted by atomic mass is 19.1. The number of rotatable bonds is 5. The van der Waals surface area contributed by atoms with Gasteiger partial charge < -0.3 is 19.5 Å². The highest BCUT2D eigenvalue weighted by molar-refractivity contribution is 5.80. The molecule has 2 aromatic heterocycles. The van der Waals surface area contributed by atoms with E-state index in [2.05, 4.69) is 31.5 Å². The largest absolute Gasteiger partial charge is 0.476 e. The van der Waals surface area contributed by atoms with Gasteiger partial charge in [-0.3, -0.25) is 4.79 Å². The lowest BCUT2D eigenvalue weighted by atomic mass is 9.97. The standard InChI is InChI=1S/C24H27FN6O2/c25-19-3-4-20-23-22(19)16(14-31(23)21(32)12-27-20)13-30-7-5-17(6-8-30)26-11-18-10-15-2-1-9-33-24(15)29-28-18/h3-4,10,12,16-17,26H,1-2,5-9,11,13-14H2. The van der Waals surface area contributed by atoms with Gasteiger partial charge in [-0.2, -0.15) is 5.10 Å². The van der Waals surface area contributed by atoms with Crippen LogP contribution in [0, 0.1) is 5.82 Å². The molecule has 0 bridgehead atoms. The average Bonchev–Trinajstić information content (AvgIpc) is 3.23. The molecule has 8 nitrogen and oxygen atoms in total. The van der Waals surface area contributed by atoms with E-state index in [4.69, 9.17) is 4.74 Å². The summed E-state index contributed by atoms with van der Waals surface area (Å²) in [6, 6.07) is 5.66. The van der Waals surface area contributed by atoms with Crippen LogP contribution in [0.25, 0.3) is 11.0 Å². The van der Waals surface area contributed by atoms with Gasteiger partial charge in [0.25, 0.3) is 5.56 Å². The van der Waals surface area contributed by atoms with Crippen LogP contribution in [-0.2, 0) is 19.5 Å². The van der Waals surface area contributed by atoms with Crippen molar-refractivity contribution in [2.75, 3.05) is 26.2 Å². The molecule has 1 saturated heterocycles. The third-order valence-corrected chi connectivity index (χ3v) is 7.16. The summed E-state index contributed by atoms with van der Waals surface area (Å²) in [4.78, 5) is 18.9. The molecule has 33 heavy (non-hydrogen) atoms. The van der Waals surface area contributed by atoms with E-state index < -0.39 is 0 Å². The zero-order valence-corrected chi connectivity index (χ0v) is 18.5. The molecule has 5 heterocycles. The number of nitrogens with one attached hydrogen (secondary N) is 1. The molecule has 0 saturated carbocycles. The molecule has 0 radical (unpaired) electrons. The normalized spacial score (nSPS) is 20.7. The molecular weight excluding hydrogens is 423 g/mol. The van der Waals surface area contributed by atoms with Crippen LogP contribution in [0.2, 0.25) is 0 Å². The zero-order chi connectivity index (χ0) is 22.4. The summed E-state index contributed by atoms with van der Waals surface area (Å²) < 4.78 is 22.0. The van der Waals surface area contributed by atoms with Crippen molar-refractivity contribution in [1.29, 1.82) is 0 Å². The van der Waals surface area contributed by atoms with Gasteiger partial charge >= 0.3 is 0 Å². The molecule has 0 aliphatic carbocycles. The van der Waals surface area contributed by atoms with Crippen molar-refractivity contribution in [2.45, 2.75) is 50.7 Å². The molecule has 0 amide bonds. The van der Waals surface area contributed by atoms with Crippen LogP contribution in [-0.4, -0.2) is 56.9 Å². The predicted octanol–water partition coefficient (Wildman–Crippen LogP) is 2.00. The molecule has 1 aromatic carbocycles. The lowest BCUT2D eigenvalue weighted by Crippen LogP contribution is -2.43. The number of benzene rings is 1. The Morgan fingerprint density at radius 2 is 2.09 bits per heavy atom. The fourth-order valence-electron chi connectivity index (χ4n) is 5.46. The lowest BCUT2D eigenvalue weighted by molar-refractivity contribution is 0.184. The van der Waals surface area contributed by atoms with Gasteiger partial charge in [-0.05, 0) is 57.0 Å². The molecule has 1 fully saturated rings. The number of fused-ring (bicyclic) bond motifs is 1. The Labute approximate surface area is 190 Å². The van der Waals surface area contributed by atoms with Gasteiger partial charge in [0.05, 0.1) is 29.5 Å². The highest BCUT2D eigenvalue weighted by Crippen LogP contribution is 2.35. The first-order valence-corrected chi connectivity index (χ1v) is 11.8. The summed E-state index contributed by atoms with van der Waals surface area (Å²) in [5.74, 6) is 0.417. The van der Waals surface area contributed by atoms with Gasteiger partial charge in [-0.15, -0.1) is 5.10 Å². The smallest absolute Gasteiger partial charge is 0.269 e. The molecule has 0 spiro atoms. The van der Waals surface area contributed by atoms with E-state index in [1.54, 1.807) is 10.6 Å². The molecule has 6 rings (SSSR count). The number of likely N-dealkylation sites (tertiary alicyclic amines) is 1. The van der Waals surface area contributed by atoms with E-state index in [9.17, 15) is 9.18 Å². The molecule has 3 aliphatic heterocycles. The monoisotopic (exact) mass is 450 g/mol. The number of aromatic nitrogens is 4. The van der Waals surface area contributed by atoms with Gasteiger partial charge in [0.15, 0.2) is 0 Å². The third kappa shape index (κ3) is 3.89. The topological polar surface area (TPSA) is 85.2 Å². The minimum absolute atomic E-state index is 0.0249. The Hall–Kier alpha value is -2.91. The van der Waals surface area contributed by atoms with Crippen LogP contribution in [0.3, 0.4) is 0 Å². The first-order valence-electron chi connectivity index (χ1n) is 11.8. The fourth-order valence-corrected chi connectivity index (χ4v) is 5.46. The molecule has 3 aliphatic rings. The Morgan fingerprint density at radius 3 is 2.97 bits per heavy atom. The Kier molecular flexibility index (Phi) is 5.30.